The summed E-state index contributed by atoms with van der Waals surface area (Å²) in [5.74, 6) is 0.537. The third-order valence-electron chi connectivity index (χ3n) is 3.29. The van der Waals surface area contributed by atoms with Crippen molar-refractivity contribution in [2.45, 2.75) is 26.4 Å². The number of urea groups is 1. The van der Waals surface area contributed by atoms with E-state index in [9.17, 15) is 9.59 Å². The van der Waals surface area contributed by atoms with Gasteiger partial charge in [-0.2, -0.15) is 0 Å². The summed E-state index contributed by atoms with van der Waals surface area (Å²) in [5.41, 5.74) is 0.787. The van der Waals surface area contributed by atoms with Crippen LogP contribution in [0.25, 0.3) is 0 Å². The fourth-order valence-electron chi connectivity index (χ4n) is 2.18. The normalized spacial score (nSPS) is 18.6. The maximum atomic E-state index is 12.2. The van der Waals surface area contributed by atoms with E-state index >= 15 is 0 Å². The highest BCUT2D eigenvalue weighted by atomic mass is 79.9. The number of methoxy groups -OCH3 is 1. The minimum Gasteiger partial charge on any atom is -0.496 e. The highest BCUT2D eigenvalue weighted by Gasteiger charge is 2.39. The number of carbonyl (C=O) groups is 2. The van der Waals surface area contributed by atoms with Crippen molar-refractivity contribution in [3.8, 4) is 5.75 Å². The number of ether oxygens (including phenoxy) is 1. The Morgan fingerprint density at radius 1 is 1.40 bits per heavy atom. The quantitative estimate of drug-likeness (QED) is 0.857. The molecule has 0 bridgehead atoms. The van der Waals surface area contributed by atoms with E-state index < -0.39 is 6.04 Å². The highest BCUT2D eigenvalue weighted by Crippen LogP contribution is 2.26. The topological polar surface area (TPSA) is 58.6 Å². The van der Waals surface area contributed by atoms with E-state index in [1.54, 1.807) is 13.2 Å². The molecule has 3 amide bonds. The van der Waals surface area contributed by atoms with E-state index in [4.69, 9.17) is 4.74 Å². The zero-order chi connectivity index (χ0) is 14.9. The third kappa shape index (κ3) is 2.80. The number of hydrogen-bond acceptors (Lipinski definition) is 3. The molecule has 1 aliphatic rings. The van der Waals surface area contributed by atoms with Crippen molar-refractivity contribution < 1.29 is 14.3 Å². The lowest BCUT2D eigenvalue weighted by atomic mass is 10.0. The highest BCUT2D eigenvalue weighted by molar-refractivity contribution is 9.10. The van der Waals surface area contributed by atoms with Crippen LogP contribution in [-0.2, 0) is 11.3 Å². The van der Waals surface area contributed by atoms with Gasteiger partial charge in [0, 0.05) is 10.0 Å². The molecule has 2 rings (SSSR count). The zero-order valence-electron chi connectivity index (χ0n) is 11.6. The molecule has 0 saturated carbocycles. The van der Waals surface area contributed by atoms with Gasteiger partial charge in [0.15, 0.2) is 0 Å². The van der Waals surface area contributed by atoms with Gasteiger partial charge in [-0.25, -0.2) is 4.79 Å². The molecule has 108 valence electrons. The largest absolute Gasteiger partial charge is 0.496 e. The van der Waals surface area contributed by atoms with E-state index in [1.165, 1.54) is 4.90 Å². The summed E-state index contributed by atoms with van der Waals surface area (Å²) in [6.07, 6.45) is 0. The molecule has 6 heteroatoms. The fraction of sp³-hybridized carbons (Fsp3) is 0.429. The van der Waals surface area contributed by atoms with Gasteiger partial charge < -0.3 is 10.1 Å². The van der Waals surface area contributed by atoms with Crippen LogP contribution < -0.4 is 10.1 Å². The lowest BCUT2D eigenvalue weighted by Gasteiger charge is -2.16. The summed E-state index contributed by atoms with van der Waals surface area (Å²) in [5, 5.41) is 2.71. The molecule has 0 aliphatic carbocycles. The molecule has 1 aromatic carbocycles. The van der Waals surface area contributed by atoms with Crippen LogP contribution in [0.5, 0.6) is 5.75 Å². The molecule has 1 unspecified atom stereocenters. The Kier molecular flexibility index (Phi) is 4.32. The van der Waals surface area contributed by atoms with Crippen molar-refractivity contribution in [3.05, 3.63) is 28.2 Å². The van der Waals surface area contributed by atoms with Crippen molar-refractivity contribution in [1.29, 1.82) is 0 Å². The van der Waals surface area contributed by atoms with Crippen molar-refractivity contribution in [1.82, 2.24) is 10.2 Å². The molecule has 1 aromatic rings. The van der Waals surface area contributed by atoms with Crippen molar-refractivity contribution in [2.24, 2.45) is 5.92 Å². The molecule has 5 nitrogen and oxygen atoms in total. The second-order valence-corrected chi connectivity index (χ2v) is 5.97. The molecular weight excluding hydrogens is 324 g/mol. The van der Waals surface area contributed by atoms with E-state index in [1.807, 2.05) is 26.0 Å². The molecule has 0 spiro atoms. The van der Waals surface area contributed by atoms with Crippen LogP contribution in [-0.4, -0.2) is 30.0 Å². The second kappa shape index (κ2) is 5.83. The van der Waals surface area contributed by atoms with Gasteiger partial charge >= 0.3 is 6.03 Å². The predicted molar refractivity (Wildman–Crippen MR) is 78.4 cm³/mol. The van der Waals surface area contributed by atoms with Gasteiger partial charge in [0.2, 0.25) is 0 Å². The summed E-state index contributed by atoms with van der Waals surface area (Å²) in [4.78, 5) is 25.4. The Labute approximate surface area is 126 Å². The second-order valence-electron chi connectivity index (χ2n) is 5.05. The SMILES string of the molecule is COc1ccc(Br)cc1CN1C(=O)NC(C(C)C)C1=O. The average Bonchev–Trinajstić information content (AvgIpc) is 2.67. The van der Waals surface area contributed by atoms with Gasteiger partial charge in [-0.3, -0.25) is 9.69 Å². The van der Waals surface area contributed by atoms with E-state index in [2.05, 4.69) is 21.2 Å². The van der Waals surface area contributed by atoms with Crippen LogP contribution in [0.15, 0.2) is 22.7 Å². The lowest BCUT2D eigenvalue weighted by Crippen LogP contribution is -2.34. The maximum absolute atomic E-state index is 12.2. The van der Waals surface area contributed by atoms with Gasteiger partial charge in [-0.1, -0.05) is 29.8 Å². The van der Waals surface area contributed by atoms with Gasteiger partial charge in [0.1, 0.15) is 11.8 Å². The van der Waals surface area contributed by atoms with Crippen LogP contribution in [0.3, 0.4) is 0 Å². The lowest BCUT2D eigenvalue weighted by molar-refractivity contribution is -0.128. The van der Waals surface area contributed by atoms with Crippen LogP contribution in [0.2, 0.25) is 0 Å². The summed E-state index contributed by atoms with van der Waals surface area (Å²) in [6.45, 7) is 4.02. The maximum Gasteiger partial charge on any atom is 0.325 e. The first-order valence-corrected chi connectivity index (χ1v) is 7.17. The van der Waals surface area contributed by atoms with E-state index in [0.717, 1.165) is 10.0 Å². The summed E-state index contributed by atoms with van der Waals surface area (Å²) in [7, 11) is 1.57. The molecule has 20 heavy (non-hydrogen) atoms. The predicted octanol–water partition coefficient (Wildman–Crippen LogP) is 2.53. The van der Waals surface area contributed by atoms with Gasteiger partial charge in [0.05, 0.1) is 13.7 Å². The first-order valence-electron chi connectivity index (χ1n) is 6.38. The van der Waals surface area contributed by atoms with Crippen molar-refractivity contribution in [2.75, 3.05) is 7.11 Å². The standard InChI is InChI=1S/C14H17BrN2O3/c1-8(2)12-13(18)17(14(19)16-12)7-9-6-10(15)4-5-11(9)20-3/h4-6,8,12H,7H2,1-3H3,(H,16,19). The Hall–Kier alpha value is -1.56. The Balaban J connectivity index is 2.24. The number of nitrogens with one attached hydrogen (secondary N) is 1. The summed E-state index contributed by atoms with van der Waals surface area (Å²) >= 11 is 3.38. The molecule has 0 aromatic heterocycles. The Morgan fingerprint density at radius 3 is 2.65 bits per heavy atom. The summed E-state index contributed by atoms with van der Waals surface area (Å²) in [6, 6.07) is 4.71. The fourth-order valence-corrected chi connectivity index (χ4v) is 2.59. The number of benzene rings is 1. The van der Waals surface area contributed by atoms with Gasteiger partial charge in [-0.05, 0) is 24.1 Å². The smallest absolute Gasteiger partial charge is 0.325 e. The molecule has 1 N–H and O–H groups in total. The van der Waals surface area contributed by atoms with Crippen LogP contribution >= 0.6 is 15.9 Å². The van der Waals surface area contributed by atoms with E-state index in [0.29, 0.717) is 5.75 Å². The first kappa shape index (κ1) is 14.8. The van der Waals surface area contributed by atoms with Gasteiger partial charge in [0.25, 0.3) is 5.91 Å². The molecular formula is C14H17BrN2O3. The number of nitrogens with zero attached hydrogens (tertiary/aromatic N) is 1. The van der Waals surface area contributed by atoms with E-state index in [-0.39, 0.29) is 24.4 Å². The molecule has 1 aliphatic heterocycles. The van der Waals surface area contributed by atoms with Crippen LogP contribution in [0.1, 0.15) is 19.4 Å². The number of halogens is 1. The number of hydrogen-bond donors (Lipinski definition) is 1. The molecule has 1 atom stereocenters. The molecule has 1 heterocycles. The monoisotopic (exact) mass is 340 g/mol. The number of imide groups is 1. The van der Waals surface area contributed by atoms with Crippen molar-refractivity contribution in [3.63, 3.8) is 0 Å². The first-order chi connectivity index (χ1) is 9.43. The molecule has 1 saturated heterocycles. The number of carbonyl (C=O) groups excluding carboxylic acids is 2. The third-order valence-corrected chi connectivity index (χ3v) is 3.79. The minimum atomic E-state index is -0.444. The molecule has 1 fully saturated rings. The molecule has 0 radical (unpaired) electrons. The zero-order valence-corrected chi connectivity index (χ0v) is 13.2. The summed E-state index contributed by atoms with van der Waals surface area (Å²) < 4.78 is 6.14. The average molecular weight is 341 g/mol. The Bertz CT molecular complexity index is 545. The van der Waals surface area contributed by atoms with Gasteiger partial charge in [-0.15, -0.1) is 0 Å². The van der Waals surface area contributed by atoms with Crippen LogP contribution in [0.4, 0.5) is 4.79 Å². The Morgan fingerprint density at radius 2 is 2.10 bits per heavy atom. The number of amides is 3. The minimum absolute atomic E-state index is 0.0702. The number of rotatable bonds is 4. The van der Waals surface area contributed by atoms with Crippen molar-refractivity contribution >= 4 is 27.9 Å². The van der Waals surface area contributed by atoms with Crippen LogP contribution in [0, 0.1) is 5.92 Å².